The Morgan fingerprint density at radius 2 is 2.19 bits per heavy atom. The highest BCUT2D eigenvalue weighted by molar-refractivity contribution is 5.83. The highest BCUT2D eigenvalue weighted by Crippen LogP contribution is 2.10. The summed E-state index contributed by atoms with van der Waals surface area (Å²) in [6.07, 6.45) is 5.04. The van der Waals surface area contributed by atoms with Gasteiger partial charge >= 0.3 is 0 Å². The Hall–Kier alpha value is -3.02. The molecule has 6 heteroatoms. The number of aromatic nitrogens is 3. The molecule has 0 aliphatic carbocycles. The lowest BCUT2D eigenvalue weighted by Crippen LogP contribution is -2.20. The van der Waals surface area contributed by atoms with E-state index in [4.69, 9.17) is 0 Å². The molecule has 0 spiro atoms. The van der Waals surface area contributed by atoms with Crippen molar-refractivity contribution in [3.05, 3.63) is 60.2 Å². The summed E-state index contributed by atoms with van der Waals surface area (Å²) in [5.74, 6) is 0.388. The number of H-pyrrole nitrogens is 1. The topological polar surface area (TPSA) is 83.0 Å². The number of hydrogen-bond acceptors (Lipinski definition) is 4. The van der Waals surface area contributed by atoms with E-state index in [1.807, 2.05) is 30.3 Å². The second-order valence-electron chi connectivity index (χ2n) is 4.46. The lowest BCUT2D eigenvalue weighted by atomic mass is 10.3. The molecule has 3 aromatic rings. The van der Waals surface area contributed by atoms with Gasteiger partial charge in [0, 0.05) is 18.0 Å². The van der Waals surface area contributed by atoms with E-state index in [9.17, 15) is 4.79 Å². The van der Waals surface area contributed by atoms with Crippen molar-refractivity contribution >= 4 is 23.2 Å². The third-order valence-electron chi connectivity index (χ3n) is 2.85. The van der Waals surface area contributed by atoms with Crippen LogP contribution in [-0.2, 0) is 11.2 Å². The molecule has 0 saturated carbocycles. The van der Waals surface area contributed by atoms with Crippen LogP contribution >= 0.6 is 0 Å². The average molecular weight is 279 g/mol. The minimum absolute atomic E-state index is 0.152. The fourth-order valence-corrected chi connectivity index (χ4v) is 1.91. The van der Waals surface area contributed by atoms with Crippen LogP contribution in [0.15, 0.2) is 53.9 Å². The van der Waals surface area contributed by atoms with Crippen molar-refractivity contribution < 1.29 is 4.79 Å². The Morgan fingerprint density at radius 3 is 3.00 bits per heavy atom. The second kappa shape index (κ2) is 5.96. The second-order valence-corrected chi connectivity index (χ2v) is 4.46. The first-order chi connectivity index (χ1) is 10.3. The quantitative estimate of drug-likeness (QED) is 0.562. The number of para-hydroxylation sites is 2. The molecule has 1 amide bonds. The van der Waals surface area contributed by atoms with Gasteiger partial charge in [0.15, 0.2) is 0 Å². The standard InChI is InChI=1S/C15H13N5O/c21-15(20-17-10-11-4-3-7-16-9-11)8-14-18-12-5-1-2-6-13(12)19-14/h1-7,9-10H,8H2,(H,18,19)(H,20,21)/b17-10+. The molecule has 6 nitrogen and oxygen atoms in total. The van der Waals surface area contributed by atoms with Crippen molar-refractivity contribution in [1.29, 1.82) is 0 Å². The molecule has 104 valence electrons. The number of nitrogens with one attached hydrogen (secondary N) is 2. The molecule has 0 unspecified atom stereocenters. The number of aromatic amines is 1. The fourth-order valence-electron chi connectivity index (χ4n) is 1.91. The third kappa shape index (κ3) is 3.30. The van der Waals surface area contributed by atoms with Gasteiger partial charge in [0.05, 0.1) is 23.7 Å². The van der Waals surface area contributed by atoms with E-state index in [1.54, 1.807) is 24.7 Å². The maximum absolute atomic E-state index is 11.8. The van der Waals surface area contributed by atoms with Gasteiger partial charge in [-0.25, -0.2) is 10.4 Å². The predicted octanol–water partition coefficient (Wildman–Crippen LogP) is 1.65. The molecular formula is C15H13N5O. The van der Waals surface area contributed by atoms with Gasteiger partial charge in [-0.2, -0.15) is 5.10 Å². The highest BCUT2D eigenvalue weighted by atomic mass is 16.2. The van der Waals surface area contributed by atoms with Crippen molar-refractivity contribution in [2.45, 2.75) is 6.42 Å². The van der Waals surface area contributed by atoms with E-state index in [1.165, 1.54) is 0 Å². The fraction of sp³-hybridized carbons (Fsp3) is 0.0667. The molecule has 3 rings (SSSR count). The van der Waals surface area contributed by atoms with Crippen LogP contribution in [0.25, 0.3) is 11.0 Å². The number of pyridine rings is 1. The normalized spacial score (nSPS) is 11.0. The summed E-state index contributed by atoms with van der Waals surface area (Å²) in [6, 6.07) is 11.3. The zero-order valence-electron chi connectivity index (χ0n) is 11.2. The van der Waals surface area contributed by atoms with Crippen LogP contribution in [0.2, 0.25) is 0 Å². The van der Waals surface area contributed by atoms with Crippen molar-refractivity contribution in [2.75, 3.05) is 0 Å². The van der Waals surface area contributed by atoms with E-state index in [0.29, 0.717) is 5.82 Å². The van der Waals surface area contributed by atoms with Crippen LogP contribution in [0.1, 0.15) is 11.4 Å². The van der Waals surface area contributed by atoms with Crippen LogP contribution in [0.5, 0.6) is 0 Å². The zero-order chi connectivity index (χ0) is 14.5. The first kappa shape index (κ1) is 13.0. The molecule has 2 heterocycles. The number of carbonyl (C=O) groups excluding carboxylic acids is 1. The number of benzene rings is 1. The molecule has 0 radical (unpaired) electrons. The van der Waals surface area contributed by atoms with E-state index in [-0.39, 0.29) is 12.3 Å². The Balaban J connectivity index is 1.60. The predicted molar refractivity (Wildman–Crippen MR) is 79.8 cm³/mol. The number of rotatable bonds is 4. The van der Waals surface area contributed by atoms with Crippen LogP contribution in [0.4, 0.5) is 0 Å². The first-order valence-electron chi connectivity index (χ1n) is 6.47. The highest BCUT2D eigenvalue weighted by Gasteiger charge is 2.06. The SMILES string of the molecule is O=C(Cc1nc2ccccc2[nH]1)N/N=C/c1cccnc1. The molecule has 2 aromatic heterocycles. The smallest absolute Gasteiger partial charge is 0.247 e. The van der Waals surface area contributed by atoms with Gasteiger partial charge in [-0.3, -0.25) is 9.78 Å². The van der Waals surface area contributed by atoms with Gasteiger partial charge in [0.2, 0.25) is 5.91 Å². The number of carbonyl (C=O) groups is 1. The Labute approximate surface area is 120 Å². The lowest BCUT2D eigenvalue weighted by molar-refractivity contribution is -0.120. The van der Waals surface area contributed by atoms with Crippen LogP contribution < -0.4 is 5.43 Å². The molecule has 0 aliphatic heterocycles. The van der Waals surface area contributed by atoms with E-state index >= 15 is 0 Å². The van der Waals surface area contributed by atoms with Crippen molar-refractivity contribution in [2.24, 2.45) is 5.10 Å². The number of amides is 1. The van der Waals surface area contributed by atoms with Gasteiger partial charge in [-0.15, -0.1) is 0 Å². The van der Waals surface area contributed by atoms with Crippen LogP contribution in [0.3, 0.4) is 0 Å². The van der Waals surface area contributed by atoms with Gasteiger partial charge in [-0.1, -0.05) is 18.2 Å². The monoisotopic (exact) mass is 279 g/mol. The third-order valence-corrected chi connectivity index (χ3v) is 2.85. The van der Waals surface area contributed by atoms with E-state index < -0.39 is 0 Å². The summed E-state index contributed by atoms with van der Waals surface area (Å²) in [4.78, 5) is 23.2. The van der Waals surface area contributed by atoms with Crippen LogP contribution in [0, 0.1) is 0 Å². The summed E-state index contributed by atoms with van der Waals surface area (Å²) < 4.78 is 0. The lowest BCUT2D eigenvalue weighted by Gasteiger charge is -1.96. The molecule has 1 aromatic carbocycles. The zero-order valence-corrected chi connectivity index (χ0v) is 11.2. The molecule has 0 fully saturated rings. The molecule has 2 N–H and O–H groups in total. The summed E-state index contributed by atoms with van der Waals surface area (Å²) >= 11 is 0. The summed E-state index contributed by atoms with van der Waals surface area (Å²) in [5.41, 5.74) is 5.05. The maximum Gasteiger partial charge on any atom is 0.247 e. The number of fused-ring (bicyclic) bond motifs is 1. The van der Waals surface area contributed by atoms with Crippen molar-refractivity contribution in [3.8, 4) is 0 Å². The van der Waals surface area contributed by atoms with E-state index in [0.717, 1.165) is 16.6 Å². The number of nitrogens with zero attached hydrogens (tertiary/aromatic N) is 3. The van der Waals surface area contributed by atoms with Gasteiger partial charge < -0.3 is 4.98 Å². The number of imidazole rings is 1. The summed E-state index contributed by atoms with van der Waals surface area (Å²) in [5, 5.41) is 3.89. The molecule has 21 heavy (non-hydrogen) atoms. The first-order valence-corrected chi connectivity index (χ1v) is 6.47. The minimum atomic E-state index is -0.228. The summed E-state index contributed by atoms with van der Waals surface area (Å²) in [7, 11) is 0. The number of hydrogen-bond donors (Lipinski definition) is 2. The van der Waals surface area contributed by atoms with Crippen molar-refractivity contribution in [3.63, 3.8) is 0 Å². The minimum Gasteiger partial charge on any atom is -0.342 e. The Bertz CT molecular complexity index is 746. The molecule has 0 saturated heterocycles. The Kier molecular flexibility index (Phi) is 3.68. The molecule has 0 bridgehead atoms. The van der Waals surface area contributed by atoms with Crippen LogP contribution in [-0.4, -0.2) is 27.1 Å². The molecular weight excluding hydrogens is 266 g/mol. The van der Waals surface area contributed by atoms with Gasteiger partial charge in [0.1, 0.15) is 5.82 Å². The van der Waals surface area contributed by atoms with Gasteiger partial charge in [-0.05, 0) is 18.2 Å². The average Bonchev–Trinajstić information content (AvgIpc) is 2.90. The number of hydrazone groups is 1. The molecule has 0 aliphatic rings. The Morgan fingerprint density at radius 1 is 1.29 bits per heavy atom. The molecule has 0 atom stereocenters. The summed E-state index contributed by atoms with van der Waals surface area (Å²) in [6.45, 7) is 0. The van der Waals surface area contributed by atoms with Crippen molar-refractivity contribution in [1.82, 2.24) is 20.4 Å². The maximum atomic E-state index is 11.8. The largest absolute Gasteiger partial charge is 0.342 e. The van der Waals surface area contributed by atoms with Gasteiger partial charge in [0.25, 0.3) is 0 Å². The van der Waals surface area contributed by atoms with E-state index in [2.05, 4.69) is 25.5 Å².